The number of hydrogen-bond donors (Lipinski definition) is 0. The SMILES string of the molecule is Brc1ccc(-c2ccc(-n3c4ccccc4c4ccccc43)cc2)c(-c2ccncc2)c1. The largest absolute Gasteiger partial charge is 0.309 e. The van der Waals surface area contributed by atoms with Gasteiger partial charge in [0.1, 0.15) is 0 Å². The van der Waals surface area contributed by atoms with E-state index in [4.69, 9.17) is 0 Å². The van der Waals surface area contributed by atoms with Gasteiger partial charge in [-0.1, -0.05) is 70.5 Å². The van der Waals surface area contributed by atoms with Crippen LogP contribution < -0.4 is 0 Å². The van der Waals surface area contributed by atoms with E-state index in [1.807, 2.05) is 12.4 Å². The van der Waals surface area contributed by atoms with E-state index < -0.39 is 0 Å². The monoisotopic (exact) mass is 474 g/mol. The molecule has 2 nitrogen and oxygen atoms in total. The predicted molar refractivity (Wildman–Crippen MR) is 137 cm³/mol. The fraction of sp³-hybridized carbons (Fsp3) is 0. The van der Waals surface area contributed by atoms with Crippen molar-refractivity contribution in [1.82, 2.24) is 9.55 Å². The Kier molecular flexibility index (Phi) is 4.62. The van der Waals surface area contributed by atoms with Crippen LogP contribution in [0.1, 0.15) is 0 Å². The van der Waals surface area contributed by atoms with Crippen molar-refractivity contribution < 1.29 is 0 Å². The molecule has 0 N–H and O–H groups in total. The van der Waals surface area contributed by atoms with Crippen LogP contribution in [0.3, 0.4) is 0 Å². The summed E-state index contributed by atoms with van der Waals surface area (Å²) in [5, 5.41) is 2.56. The average Bonchev–Trinajstić information content (AvgIpc) is 3.19. The lowest BCUT2D eigenvalue weighted by Crippen LogP contribution is -1.94. The Labute approximate surface area is 194 Å². The summed E-state index contributed by atoms with van der Waals surface area (Å²) in [6, 6.07) is 36.6. The smallest absolute Gasteiger partial charge is 0.0541 e. The Bertz CT molecular complexity index is 1510. The molecule has 0 saturated carbocycles. The molecule has 0 unspecified atom stereocenters. The van der Waals surface area contributed by atoms with Crippen LogP contribution in [-0.4, -0.2) is 9.55 Å². The van der Waals surface area contributed by atoms with Crippen LogP contribution in [0.25, 0.3) is 49.7 Å². The summed E-state index contributed by atoms with van der Waals surface area (Å²) >= 11 is 3.63. The molecule has 6 aromatic rings. The molecule has 0 aliphatic heterocycles. The second-order valence-electron chi connectivity index (χ2n) is 7.84. The van der Waals surface area contributed by atoms with Gasteiger partial charge in [0, 0.05) is 33.3 Å². The minimum Gasteiger partial charge on any atom is -0.309 e. The minimum atomic E-state index is 1.06. The molecular formula is C29H19BrN2. The van der Waals surface area contributed by atoms with E-state index in [0.717, 1.165) is 15.7 Å². The highest BCUT2D eigenvalue weighted by Gasteiger charge is 2.12. The highest BCUT2D eigenvalue weighted by atomic mass is 79.9. The van der Waals surface area contributed by atoms with Crippen molar-refractivity contribution in [2.45, 2.75) is 0 Å². The molecule has 6 rings (SSSR count). The van der Waals surface area contributed by atoms with E-state index in [2.05, 4.69) is 129 Å². The summed E-state index contributed by atoms with van der Waals surface area (Å²) in [6.07, 6.45) is 3.68. The Morgan fingerprint density at radius 2 is 1.16 bits per heavy atom. The third-order valence-electron chi connectivity index (χ3n) is 5.99. The summed E-state index contributed by atoms with van der Waals surface area (Å²) < 4.78 is 3.41. The van der Waals surface area contributed by atoms with Gasteiger partial charge in [0.25, 0.3) is 0 Å². The molecule has 2 aromatic heterocycles. The van der Waals surface area contributed by atoms with Gasteiger partial charge in [-0.15, -0.1) is 0 Å². The number of halogens is 1. The minimum absolute atomic E-state index is 1.06. The molecule has 0 fully saturated rings. The van der Waals surface area contributed by atoms with Crippen LogP contribution in [-0.2, 0) is 0 Å². The summed E-state index contributed by atoms with van der Waals surface area (Å²) in [5.41, 5.74) is 8.34. The van der Waals surface area contributed by atoms with Crippen molar-refractivity contribution in [3.63, 3.8) is 0 Å². The Balaban J connectivity index is 1.51. The maximum absolute atomic E-state index is 4.17. The molecule has 0 aliphatic rings. The molecular weight excluding hydrogens is 456 g/mol. The van der Waals surface area contributed by atoms with Gasteiger partial charge in [-0.2, -0.15) is 0 Å². The van der Waals surface area contributed by atoms with E-state index in [0.29, 0.717) is 0 Å². The van der Waals surface area contributed by atoms with Crippen molar-refractivity contribution in [2.75, 3.05) is 0 Å². The lowest BCUT2D eigenvalue weighted by atomic mass is 9.95. The number of fused-ring (bicyclic) bond motifs is 3. The first-order valence-corrected chi connectivity index (χ1v) is 11.4. The highest BCUT2D eigenvalue weighted by Crippen LogP contribution is 2.36. The van der Waals surface area contributed by atoms with Crippen LogP contribution in [0.5, 0.6) is 0 Å². The van der Waals surface area contributed by atoms with Gasteiger partial charge in [-0.3, -0.25) is 4.98 Å². The Morgan fingerprint density at radius 3 is 1.81 bits per heavy atom. The van der Waals surface area contributed by atoms with E-state index >= 15 is 0 Å². The summed E-state index contributed by atoms with van der Waals surface area (Å²) in [7, 11) is 0. The number of hydrogen-bond acceptors (Lipinski definition) is 1. The van der Waals surface area contributed by atoms with Crippen LogP contribution >= 0.6 is 15.9 Å². The number of pyridine rings is 1. The third kappa shape index (κ3) is 3.14. The van der Waals surface area contributed by atoms with Crippen LogP contribution in [0, 0.1) is 0 Å². The quantitative estimate of drug-likeness (QED) is 0.252. The number of aromatic nitrogens is 2. The van der Waals surface area contributed by atoms with Crippen molar-refractivity contribution >= 4 is 37.7 Å². The third-order valence-corrected chi connectivity index (χ3v) is 6.48. The normalized spacial score (nSPS) is 11.3. The molecule has 0 amide bonds. The zero-order chi connectivity index (χ0) is 21.5. The van der Waals surface area contributed by atoms with Crippen LogP contribution in [0.2, 0.25) is 0 Å². The topological polar surface area (TPSA) is 17.8 Å². The maximum atomic E-state index is 4.17. The van der Waals surface area contributed by atoms with Gasteiger partial charge >= 0.3 is 0 Å². The molecule has 2 heterocycles. The van der Waals surface area contributed by atoms with Crippen molar-refractivity contribution in [1.29, 1.82) is 0 Å². The van der Waals surface area contributed by atoms with Crippen LogP contribution in [0.4, 0.5) is 0 Å². The molecule has 3 heteroatoms. The first-order valence-electron chi connectivity index (χ1n) is 10.6. The summed E-state index contributed by atoms with van der Waals surface area (Å²) in [4.78, 5) is 4.17. The molecule has 0 radical (unpaired) electrons. The molecule has 152 valence electrons. The number of nitrogens with zero attached hydrogens (tertiary/aromatic N) is 2. The van der Waals surface area contributed by atoms with E-state index in [1.165, 1.54) is 38.5 Å². The van der Waals surface area contributed by atoms with Crippen molar-refractivity contribution in [3.05, 3.63) is 120 Å². The van der Waals surface area contributed by atoms with E-state index in [9.17, 15) is 0 Å². The molecule has 32 heavy (non-hydrogen) atoms. The van der Waals surface area contributed by atoms with Gasteiger partial charge in [-0.25, -0.2) is 0 Å². The standard InChI is InChI=1S/C29H19BrN2/c30-22-11-14-24(27(19-22)21-15-17-31-18-16-21)20-9-12-23(13-10-20)32-28-7-3-1-5-25(28)26-6-2-4-8-29(26)32/h1-19H. The Hall–Kier alpha value is -3.69. The van der Waals surface area contributed by atoms with Crippen molar-refractivity contribution in [3.8, 4) is 27.9 Å². The van der Waals surface area contributed by atoms with Gasteiger partial charge in [0.05, 0.1) is 11.0 Å². The lowest BCUT2D eigenvalue weighted by Gasteiger charge is -2.13. The Morgan fingerprint density at radius 1 is 0.562 bits per heavy atom. The molecule has 0 bridgehead atoms. The number of benzene rings is 4. The zero-order valence-electron chi connectivity index (χ0n) is 17.2. The molecule has 0 saturated heterocycles. The van der Waals surface area contributed by atoms with Gasteiger partial charge in [0.15, 0.2) is 0 Å². The predicted octanol–water partition coefficient (Wildman–Crippen LogP) is 8.28. The number of rotatable bonds is 3. The van der Waals surface area contributed by atoms with Gasteiger partial charge < -0.3 is 4.57 Å². The summed E-state index contributed by atoms with van der Waals surface area (Å²) in [5.74, 6) is 0. The molecule has 0 atom stereocenters. The molecule has 4 aromatic carbocycles. The fourth-order valence-corrected chi connectivity index (χ4v) is 4.89. The first kappa shape index (κ1) is 19.0. The highest BCUT2D eigenvalue weighted by molar-refractivity contribution is 9.10. The zero-order valence-corrected chi connectivity index (χ0v) is 18.8. The lowest BCUT2D eigenvalue weighted by molar-refractivity contribution is 1.18. The van der Waals surface area contributed by atoms with E-state index in [1.54, 1.807) is 0 Å². The van der Waals surface area contributed by atoms with Gasteiger partial charge in [0.2, 0.25) is 0 Å². The second-order valence-corrected chi connectivity index (χ2v) is 8.76. The van der Waals surface area contributed by atoms with Gasteiger partial charge in [-0.05, 0) is 70.8 Å². The van der Waals surface area contributed by atoms with Crippen LogP contribution in [0.15, 0.2) is 120 Å². The maximum Gasteiger partial charge on any atom is 0.0541 e. The fourth-order valence-electron chi connectivity index (χ4n) is 4.53. The molecule has 0 aliphatic carbocycles. The number of para-hydroxylation sites is 2. The molecule has 0 spiro atoms. The van der Waals surface area contributed by atoms with Crippen molar-refractivity contribution in [2.24, 2.45) is 0 Å². The average molecular weight is 475 g/mol. The second kappa shape index (κ2) is 7.77. The van der Waals surface area contributed by atoms with E-state index in [-0.39, 0.29) is 0 Å². The summed E-state index contributed by atoms with van der Waals surface area (Å²) in [6.45, 7) is 0. The first-order chi connectivity index (χ1) is 15.8.